The Bertz CT molecular complexity index is 943. The minimum Gasteiger partial charge on any atom is -0.360 e. The third-order valence-electron chi connectivity index (χ3n) is 6.59. The Balaban J connectivity index is 1.40. The molecular formula is C23H28FN6+. The van der Waals surface area contributed by atoms with E-state index in [-0.39, 0.29) is 11.9 Å². The highest BCUT2D eigenvalue weighted by atomic mass is 19.1. The Labute approximate surface area is 176 Å². The van der Waals surface area contributed by atoms with Crippen LogP contribution < -0.4 is 9.80 Å². The molecule has 2 aliphatic rings. The van der Waals surface area contributed by atoms with Gasteiger partial charge in [-0.25, -0.2) is 9.07 Å². The van der Waals surface area contributed by atoms with Crippen LogP contribution in [0.25, 0.3) is 0 Å². The molecule has 1 saturated carbocycles. The summed E-state index contributed by atoms with van der Waals surface area (Å²) >= 11 is 0. The molecule has 1 saturated heterocycles. The number of tetrazole rings is 1. The van der Waals surface area contributed by atoms with Gasteiger partial charge in [0.15, 0.2) is 6.04 Å². The van der Waals surface area contributed by atoms with Gasteiger partial charge in [-0.1, -0.05) is 43.2 Å². The molecular weight excluding hydrogens is 379 g/mol. The van der Waals surface area contributed by atoms with E-state index in [1.807, 2.05) is 12.1 Å². The van der Waals surface area contributed by atoms with Gasteiger partial charge in [-0.05, 0) is 47.5 Å². The SMILES string of the molecule is Fc1ccc(N2CC[NH+]([C@@H](c3ccccc3)c3nnnn3C3CCCC3)CC2)cc1. The first kappa shape index (κ1) is 19.2. The van der Waals surface area contributed by atoms with Crippen LogP contribution >= 0.6 is 0 Å². The van der Waals surface area contributed by atoms with Crippen LogP contribution in [0.3, 0.4) is 0 Å². The Morgan fingerprint density at radius 2 is 1.63 bits per heavy atom. The van der Waals surface area contributed by atoms with E-state index < -0.39 is 0 Å². The maximum absolute atomic E-state index is 13.3. The zero-order valence-electron chi connectivity index (χ0n) is 17.1. The number of piperazine rings is 1. The lowest BCUT2D eigenvalue weighted by Gasteiger charge is -2.37. The predicted octanol–water partition coefficient (Wildman–Crippen LogP) is 2.42. The molecule has 2 fully saturated rings. The lowest BCUT2D eigenvalue weighted by Crippen LogP contribution is -3.15. The molecule has 2 aromatic carbocycles. The van der Waals surface area contributed by atoms with Crippen molar-refractivity contribution in [2.24, 2.45) is 0 Å². The zero-order valence-corrected chi connectivity index (χ0v) is 17.1. The molecule has 1 atom stereocenters. The molecule has 1 aliphatic heterocycles. The molecule has 0 spiro atoms. The third kappa shape index (κ3) is 3.81. The van der Waals surface area contributed by atoms with Gasteiger partial charge in [-0.3, -0.25) is 0 Å². The van der Waals surface area contributed by atoms with Crippen LogP contribution in [0.15, 0.2) is 54.6 Å². The fourth-order valence-electron chi connectivity index (χ4n) is 5.01. The van der Waals surface area contributed by atoms with E-state index in [9.17, 15) is 4.39 Å². The van der Waals surface area contributed by atoms with Crippen molar-refractivity contribution in [1.82, 2.24) is 20.2 Å². The molecule has 1 aromatic heterocycles. The van der Waals surface area contributed by atoms with Crippen LogP contribution in [0.2, 0.25) is 0 Å². The number of rotatable bonds is 5. The summed E-state index contributed by atoms with van der Waals surface area (Å²) in [5.41, 5.74) is 2.35. The monoisotopic (exact) mass is 407 g/mol. The van der Waals surface area contributed by atoms with Crippen molar-refractivity contribution in [2.75, 3.05) is 31.1 Å². The standard InChI is InChI=1S/C23H27FN6/c24-19-10-12-20(13-11-19)28-14-16-29(17-15-28)22(18-6-2-1-3-7-18)23-25-26-27-30(23)21-8-4-5-9-21/h1-3,6-7,10-13,21-22H,4-5,8-9,14-17H2/p+1/t22-/m0/s1. The number of hydrogen-bond acceptors (Lipinski definition) is 4. The molecule has 0 unspecified atom stereocenters. The van der Waals surface area contributed by atoms with Gasteiger partial charge >= 0.3 is 0 Å². The summed E-state index contributed by atoms with van der Waals surface area (Å²) in [7, 11) is 0. The van der Waals surface area contributed by atoms with Crippen LogP contribution in [-0.4, -0.2) is 46.4 Å². The van der Waals surface area contributed by atoms with Crippen molar-refractivity contribution in [3.8, 4) is 0 Å². The largest absolute Gasteiger partial charge is 0.360 e. The second-order valence-corrected chi connectivity index (χ2v) is 8.39. The fraction of sp³-hybridized carbons (Fsp3) is 0.435. The number of nitrogens with one attached hydrogen (secondary N) is 1. The Morgan fingerprint density at radius 3 is 2.33 bits per heavy atom. The molecule has 0 bridgehead atoms. The van der Waals surface area contributed by atoms with Crippen molar-refractivity contribution in [1.29, 1.82) is 0 Å². The first-order valence-corrected chi connectivity index (χ1v) is 11.0. The van der Waals surface area contributed by atoms with Gasteiger partial charge in [-0.15, -0.1) is 5.10 Å². The first-order chi connectivity index (χ1) is 14.8. The number of hydrogen-bond donors (Lipinski definition) is 1. The van der Waals surface area contributed by atoms with E-state index >= 15 is 0 Å². The minimum atomic E-state index is -0.189. The van der Waals surface area contributed by atoms with Gasteiger partial charge in [0.05, 0.1) is 32.2 Å². The zero-order chi connectivity index (χ0) is 20.3. The van der Waals surface area contributed by atoms with E-state index in [4.69, 9.17) is 0 Å². The first-order valence-electron chi connectivity index (χ1n) is 11.0. The highest BCUT2D eigenvalue weighted by molar-refractivity contribution is 5.46. The second-order valence-electron chi connectivity index (χ2n) is 8.39. The van der Waals surface area contributed by atoms with Crippen LogP contribution in [0.5, 0.6) is 0 Å². The van der Waals surface area contributed by atoms with Crippen LogP contribution in [0.1, 0.15) is 49.2 Å². The second kappa shape index (κ2) is 8.52. The highest BCUT2D eigenvalue weighted by Crippen LogP contribution is 2.31. The third-order valence-corrected chi connectivity index (χ3v) is 6.59. The molecule has 30 heavy (non-hydrogen) atoms. The van der Waals surface area contributed by atoms with Crippen LogP contribution in [-0.2, 0) is 0 Å². The van der Waals surface area contributed by atoms with Crippen molar-refractivity contribution < 1.29 is 9.29 Å². The topological polar surface area (TPSA) is 51.3 Å². The van der Waals surface area contributed by atoms with Crippen molar-refractivity contribution >= 4 is 5.69 Å². The van der Waals surface area contributed by atoms with E-state index in [1.54, 1.807) is 0 Å². The molecule has 2 heterocycles. The summed E-state index contributed by atoms with van der Waals surface area (Å²) < 4.78 is 15.4. The van der Waals surface area contributed by atoms with Gasteiger partial charge in [-0.2, -0.15) is 0 Å². The van der Waals surface area contributed by atoms with Crippen LogP contribution in [0.4, 0.5) is 10.1 Å². The molecule has 156 valence electrons. The quantitative estimate of drug-likeness (QED) is 0.706. The summed E-state index contributed by atoms with van der Waals surface area (Å²) in [6, 6.07) is 18.0. The fourth-order valence-corrected chi connectivity index (χ4v) is 5.01. The van der Waals surface area contributed by atoms with Gasteiger partial charge in [0, 0.05) is 11.3 Å². The lowest BCUT2D eigenvalue weighted by molar-refractivity contribution is -0.927. The highest BCUT2D eigenvalue weighted by Gasteiger charge is 2.36. The molecule has 1 aliphatic carbocycles. The van der Waals surface area contributed by atoms with Crippen LogP contribution in [0, 0.1) is 5.82 Å². The van der Waals surface area contributed by atoms with Gasteiger partial charge in [0.25, 0.3) is 0 Å². The average Bonchev–Trinajstić information content (AvgIpc) is 3.48. The van der Waals surface area contributed by atoms with Gasteiger partial charge in [0.2, 0.25) is 5.82 Å². The molecule has 0 radical (unpaired) electrons. The molecule has 7 heteroatoms. The van der Waals surface area contributed by atoms with Gasteiger partial charge < -0.3 is 9.80 Å². The maximum Gasteiger partial charge on any atom is 0.214 e. The Morgan fingerprint density at radius 1 is 0.933 bits per heavy atom. The lowest BCUT2D eigenvalue weighted by atomic mass is 10.0. The minimum absolute atomic E-state index is 0.122. The summed E-state index contributed by atoms with van der Waals surface area (Å²) in [4.78, 5) is 3.82. The predicted molar refractivity (Wildman–Crippen MR) is 113 cm³/mol. The van der Waals surface area contributed by atoms with Crippen molar-refractivity contribution in [3.63, 3.8) is 0 Å². The summed E-state index contributed by atoms with van der Waals surface area (Å²) in [5, 5.41) is 13.0. The number of benzene rings is 2. The number of aromatic nitrogens is 4. The number of halogens is 1. The molecule has 3 aromatic rings. The van der Waals surface area contributed by atoms with E-state index in [0.29, 0.717) is 6.04 Å². The number of nitrogens with zero attached hydrogens (tertiary/aromatic N) is 5. The van der Waals surface area contributed by atoms with Crippen molar-refractivity contribution in [2.45, 2.75) is 37.8 Å². The summed E-state index contributed by atoms with van der Waals surface area (Å²) in [6.07, 6.45) is 4.83. The molecule has 0 amide bonds. The Hall–Kier alpha value is -2.80. The Kier molecular flexibility index (Phi) is 5.45. The normalized spacial score (nSPS) is 19.3. The summed E-state index contributed by atoms with van der Waals surface area (Å²) in [6.45, 7) is 3.81. The molecule has 6 nitrogen and oxygen atoms in total. The van der Waals surface area contributed by atoms with E-state index in [1.165, 1.54) is 35.4 Å². The van der Waals surface area contributed by atoms with Crippen molar-refractivity contribution in [3.05, 3.63) is 71.8 Å². The maximum atomic E-state index is 13.3. The smallest absolute Gasteiger partial charge is 0.214 e. The molecule has 1 N–H and O–H groups in total. The number of anilines is 1. The van der Waals surface area contributed by atoms with E-state index in [2.05, 4.69) is 55.4 Å². The average molecular weight is 408 g/mol. The number of quaternary nitrogens is 1. The molecule has 5 rings (SSSR count). The van der Waals surface area contributed by atoms with Gasteiger partial charge in [0.1, 0.15) is 5.82 Å². The van der Waals surface area contributed by atoms with E-state index in [0.717, 1.165) is 50.5 Å². The summed E-state index contributed by atoms with van der Waals surface area (Å²) in [5.74, 6) is 0.796.